The summed E-state index contributed by atoms with van der Waals surface area (Å²) >= 11 is 0. The van der Waals surface area contributed by atoms with E-state index in [1.54, 1.807) is 13.2 Å². The molecule has 186 valence electrons. The van der Waals surface area contributed by atoms with E-state index in [0.717, 1.165) is 30.8 Å². The van der Waals surface area contributed by atoms with E-state index in [1.807, 2.05) is 39.0 Å². The first-order valence-electron chi connectivity index (χ1n) is 12.8. The molecular formula is C28H44O5. The fraction of sp³-hybridized carbons (Fsp3) is 0.714. The minimum atomic E-state index is -0.738. The van der Waals surface area contributed by atoms with Gasteiger partial charge in [-0.1, -0.05) is 76.7 Å². The summed E-state index contributed by atoms with van der Waals surface area (Å²) in [6, 6.07) is 0. The smallest absolute Gasteiger partial charge is 0.331 e. The largest absolute Gasteiger partial charge is 0.454 e. The molecule has 5 nitrogen and oxygen atoms in total. The van der Waals surface area contributed by atoms with Crippen LogP contribution in [0.5, 0.6) is 0 Å². The molecule has 1 aliphatic heterocycles. The van der Waals surface area contributed by atoms with Crippen LogP contribution in [0.1, 0.15) is 85.0 Å². The standard InChI is InChI=1S/C28H44O5/c1-20-19-21(2)28(22(3)24(29)16-12-15-23-13-8-7-9-14-23)33-26(30)18-11-6-5-10-17-25(32-4)27(20)31/h10-11,17-20,22-23,25,27-28,31H,5-9,12-16H2,1-4H3/b17-10+,18-11+,21-19-/t20-,22-,25+,27+,28+/m1/s1. The van der Waals surface area contributed by atoms with Crippen LogP contribution >= 0.6 is 0 Å². The minimum Gasteiger partial charge on any atom is -0.454 e. The van der Waals surface area contributed by atoms with Gasteiger partial charge in [0.2, 0.25) is 0 Å². The van der Waals surface area contributed by atoms with Crippen molar-refractivity contribution in [1.82, 2.24) is 0 Å². The van der Waals surface area contributed by atoms with Crippen molar-refractivity contribution in [3.63, 3.8) is 0 Å². The van der Waals surface area contributed by atoms with Gasteiger partial charge in [-0.2, -0.15) is 0 Å². The van der Waals surface area contributed by atoms with Gasteiger partial charge in [-0.25, -0.2) is 4.79 Å². The van der Waals surface area contributed by atoms with Crippen LogP contribution in [0.15, 0.2) is 36.0 Å². The third-order valence-electron chi connectivity index (χ3n) is 7.17. The van der Waals surface area contributed by atoms with Gasteiger partial charge in [0, 0.05) is 25.5 Å². The van der Waals surface area contributed by atoms with E-state index in [-0.39, 0.29) is 11.7 Å². The van der Waals surface area contributed by atoms with Crippen LogP contribution in [0, 0.1) is 17.8 Å². The molecule has 0 amide bonds. The molecule has 1 saturated carbocycles. The molecule has 5 heteroatoms. The van der Waals surface area contributed by atoms with Crippen LogP contribution in [-0.4, -0.2) is 42.3 Å². The van der Waals surface area contributed by atoms with Gasteiger partial charge in [0.05, 0.1) is 12.0 Å². The quantitative estimate of drug-likeness (QED) is 0.389. The van der Waals surface area contributed by atoms with Gasteiger partial charge in [-0.3, -0.25) is 4.79 Å². The Morgan fingerprint density at radius 3 is 2.61 bits per heavy atom. The number of carbonyl (C=O) groups excluding carboxylic acids is 2. The topological polar surface area (TPSA) is 72.8 Å². The summed E-state index contributed by atoms with van der Waals surface area (Å²) in [6.07, 6.45) is 17.7. The lowest BCUT2D eigenvalue weighted by Crippen LogP contribution is -2.34. The summed E-state index contributed by atoms with van der Waals surface area (Å²) < 4.78 is 11.2. The number of methoxy groups -OCH3 is 1. The normalized spacial score (nSPS) is 32.6. The number of ketones is 1. The molecule has 0 aromatic heterocycles. The summed E-state index contributed by atoms with van der Waals surface area (Å²) in [4.78, 5) is 25.5. The lowest BCUT2D eigenvalue weighted by molar-refractivity contribution is -0.145. The van der Waals surface area contributed by atoms with Gasteiger partial charge in [0.25, 0.3) is 0 Å². The monoisotopic (exact) mass is 460 g/mol. The van der Waals surface area contributed by atoms with Crippen molar-refractivity contribution in [1.29, 1.82) is 0 Å². The molecule has 1 fully saturated rings. The number of hydrogen-bond acceptors (Lipinski definition) is 5. The number of carbonyl (C=O) groups is 2. The van der Waals surface area contributed by atoms with Crippen molar-refractivity contribution in [2.75, 3.05) is 7.11 Å². The summed E-state index contributed by atoms with van der Waals surface area (Å²) in [5.41, 5.74) is 0.785. The van der Waals surface area contributed by atoms with E-state index >= 15 is 0 Å². The zero-order valence-corrected chi connectivity index (χ0v) is 21.0. The zero-order valence-electron chi connectivity index (χ0n) is 21.0. The molecule has 0 aromatic rings. The fourth-order valence-corrected chi connectivity index (χ4v) is 5.03. The molecule has 1 aliphatic carbocycles. The Bertz CT molecular complexity index is 701. The highest BCUT2D eigenvalue weighted by Crippen LogP contribution is 2.29. The minimum absolute atomic E-state index is 0.132. The molecule has 0 radical (unpaired) electrons. The van der Waals surface area contributed by atoms with Crippen LogP contribution in [0.2, 0.25) is 0 Å². The van der Waals surface area contributed by atoms with Crippen molar-refractivity contribution in [2.24, 2.45) is 17.8 Å². The Kier molecular flexibility index (Phi) is 12.1. The molecule has 0 unspecified atom stereocenters. The van der Waals surface area contributed by atoms with Gasteiger partial charge < -0.3 is 14.6 Å². The number of cyclic esters (lactones) is 1. The average molecular weight is 461 g/mol. The van der Waals surface area contributed by atoms with Crippen molar-refractivity contribution in [2.45, 2.75) is 103 Å². The maximum Gasteiger partial charge on any atom is 0.331 e. The lowest BCUT2D eigenvalue weighted by Gasteiger charge is -2.27. The van der Waals surface area contributed by atoms with E-state index in [9.17, 15) is 14.7 Å². The molecule has 1 heterocycles. The van der Waals surface area contributed by atoms with Crippen LogP contribution in [-0.2, 0) is 19.1 Å². The second-order valence-corrected chi connectivity index (χ2v) is 9.88. The van der Waals surface area contributed by atoms with Crippen LogP contribution in [0.4, 0.5) is 0 Å². The fourth-order valence-electron chi connectivity index (χ4n) is 5.03. The summed E-state index contributed by atoms with van der Waals surface area (Å²) in [7, 11) is 1.59. The van der Waals surface area contributed by atoms with Crippen molar-refractivity contribution >= 4 is 11.8 Å². The molecule has 2 rings (SSSR count). The Balaban J connectivity index is 2.12. The first-order valence-corrected chi connectivity index (χ1v) is 12.8. The van der Waals surface area contributed by atoms with Gasteiger partial charge in [-0.15, -0.1) is 0 Å². The number of rotatable bonds is 7. The van der Waals surface area contributed by atoms with Crippen LogP contribution < -0.4 is 0 Å². The van der Waals surface area contributed by atoms with E-state index in [1.165, 1.54) is 38.2 Å². The summed E-state index contributed by atoms with van der Waals surface area (Å²) in [5.74, 6) is -0.204. The summed E-state index contributed by atoms with van der Waals surface area (Å²) in [5, 5.41) is 10.8. The molecule has 1 N–H and O–H groups in total. The number of ether oxygens (including phenoxy) is 2. The second kappa shape index (κ2) is 14.5. The predicted octanol–water partition coefficient (Wildman–Crippen LogP) is 5.72. The Morgan fingerprint density at radius 2 is 1.91 bits per heavy atom. The highest BCUT2D eigenvalue weighted by atomic mass is 16.5. The van der Waals surface area contributed by atoms with Gasteiger partial charge in [0.1, 0.15) is 18.0 Å². The van der Waals surface area contributed by atoms with E-state index in [0.29, 0.717) is 12.8 Å². The number of esters is 1. The first-order chi connectivity index (χ1) is 15.8. The van der Waals surface area contributed by atoms with Gasteiger partial charge in [0.15, 0.2) is 0 Å². The lowest BCUT2D eigenvalue weighted by atomic mass is 9.84. The number of aliphatic hydroxyl groups excluding tert-OH is 1. The Hall–Kier alpha value is -1.72. The Labute approximate surface area is 200 Å². The molecule has 0 saturated heterocycles. The maximum atomic E-state index is 13.0. The number of allylic oxidation sites excluding steroid dienone is 2. The third kappa shape index (κ3) is 9.21. The SMILES string of the molecule is CO[C@H]1/C=C/CC/C=C/C(=O)O[C@H]([C@H](C)C(=O)CCCC2CCCCC2)/C(C)=C\[C@@H](C)[C@@H]1O. The second-order valence-electron chi connectivity index (χ2n) is 9.88. The highest BCUT2D eigenvalue weighted by Gasteiger charge is 2.30. The molecule has 0 spiro atoms. The first kappa shape index (κ1) is 27.5. The number of Topliss-reactive ketones (excluding diaryl/α,β-unsaturated/α-hetero) is 1. The number of aliphatic hydroxyl groups is 1. The molecule has 5 atom stereocenters. The van der Waals surface area contributed by atoms with E-state index in [2.05, 4.69) is 0 Å². The Morgan fingerprint density at radius 1 is 1.21 bits per heavy atom. The van der Waals surface area contributed by atoms with Gasteiger partial charge in [-0.05, 0) is 37.7 Å². The average Bonchev–Trinajstić information content (AvgIpc) is 2.81. The molecule has 2 aliphatic rings. The van der Waals surface area contributed by atoms with Crippen molar-refractivity contribution in [3.05, 3.63) is 36.0 Å². The maximum absolute atomic E-state index is 13.0. The highest BCUT2D eigenvalue weighted by molar-refractivity contribution is 5.84. The van der Waals surface area contributed by atoms with Crippen molar-refractivity contribution < 1.29 is 24.2 Å². The number of hydrogen-bond donors (Lipinski definition) is 1. The van der Waals surface area contributed by atoms with E-state index < -0.39 is 30.2 Å². The third-order valence-corrected chi connectivity index (χ3v) is 7.17. The molecular weight excluding hydrogens is 416 g/mol. The van der Waals surface area contributed by atoms with Crippen LogP contribution in [0.3, 0.4) is 0 Å². The zero-order chi connectivity index (χ0) is 24.2. The predicted molar refractivity (Wildman–Crippen MR) is 132 cm³/mol. The van der Waals surface area contributed by atoms with E-state index in [4.69, 9.17) is 9.47 Å². The summed E-state index contributed by atoms with van der Waals surface area (Å²) in [6.45, 7) is 5.64. The molecule has 0 bridgehead atoms. The van der Waals surface area contributed by atoms with Gasteiger partial charge >= 0.3 is 5.97 Å². The van der Waals surface area contributed by atoms with Crippen molar-refractivity contribution in [3.8, 4) is 0 Å². The van der Waals surface area contributed by atoms with Crippen LogP contribution in [0.25, 0.3) is 0 Å². The molecule has 33 heavy (non-hydrogen) atoms. The molecule has 0 aromatic carbocycles.